The Hall–Kier alpha value is -2.96. The van der Waals surface area contributed by atoms with E-state index < -0.39 is 0 Å². The SMILES string of the molecule is Cc1cc(C)n(-c2ccc(C(=O)NCc3nncn3C3CC3)cc2)n1. The summed E-state index contributed by atoms with van der Waals surface area (Å²) >= 11 is 0. The fraction of sp³-hybridized carbons (Fsp3) is 0.333. The van der Waals surface area contributed by atoms with E-state index in [1.165, 1.54) is 0 Å². The number of nitrogens with one attached hydrogen (secondary N) is 1. The van der Waals surface area contributed by atoms with Gasteiger partial charge in [-0.15, -0.1) is 10.2 Å². The molecule has 0 atom stereocenters. The molecule has 1 aliphatic carbocycles. The van der Waals surface area contributed by atoms with Gasteiger partial charge in [-0.2, -0.15) is 5.10 Å². The average Bonchev–Trinajstić information content (AvgIpc) is 3.25. The maximum absolute atomic E-state index is 12.4. The van der Waals surface area contributed by atoms with E-state index in [-0.39, 0.29) is 5.91 Å². The number of aromatic nitrogens is 5. The van der Waals surface area contributed by atoms with Gasteiger partial charge in [-0.1, -0.05) is 0 Å². The van der Waals surface area contributed by atoms with Crippen LogP contribution in [-0.2, 0) is 6.54 Å². The molecule has 1 amide bonds. The fourth-order valence-corrected chi connectivity index (χ4v) is 2.96. The predicted molar refractivity (Wildman–Crippen MR) is 92.5 cm³/mol. The third kappa shape index (κ3) is 3.17. The van der Waals surface area contributed by atoms with Crippen LogP contribution in [0, 0.1) is 13.8 Å². The molecular formula is C18H20N6O. The molecule has 7 heteroatoms. The Kier molecular flexibility index (Phi) is 3.83. The summed E-state index contributed by atoms with van der Waals surface area (Å²) in [5.74, 6) is 0.681. The lowest BCUT2D eigenvalue weighted by atomic mass is 10.2. The van der Waals surface area contributed by atoms with Crippen molar-refractivity contribution in [1.29, 1.82) is 0 Å². The Labute approximate surface area is 145 Å². The molecule has 2 aromatic heterocycles. The molecule has 1 aliphatic rings. The van der Waals surface area contributed by atoms with Gasteiger partial charge in [0.15, 0.2) is 5.82 Å². The summed E-state index contributed by atoms with van der Waals surface area (Å²) in [6.07, 6.45) is 4.06. The molecule has 1 N–H and O–H groups in total. The minimum Gasteiger partial charge on any atom is -0.345 e. The van der Waals surface area contributed by atoms with Crippen molar-refractivity contribution in [3.63, 3.8) is 0 Å². The Morgan fingerprint density at radius 1 is 1.24 bits per heavy atom. The number of aryl methyl sites for hydroxylation is 2. The maximum atomic E-state index is 12.4. The minimum atomic E-state index is -0.120. The lowest BCUT2D eigenvalue weighted by molar-refractivity contribution is 0.0949. The molecule has 128 valence electrons. The highest BCUT2D eigenvalue weighted by atomic mass is 16.1. The molecule has 25 heavy (non-hydrogen) atoms. The van der Waals surface area contributed by atoms with Crippen LogP contribution in [0.2, 0.25) is 0 Å². The van der Waals surface area contributed by atoms with Gasteiger partial charge in [0.05, 0.1) is 17.9 Å². The van der Waals surface area contributed by atoms with Gasteiger partial charge < -0.3 is 9.88 Å². The fourth-order valence-electron chi connectivity index (χ4n) is 2.96. The number of nitrogens with zero attached hydrogens (tertiary/aromatic N) is 5. The van der Waals surface area contributed by atoms with Gasteiger partial charge in [0.1, 0.15) is 6.33 Å². The second-order valence-corrected chi connectivity index (χ2v) is 6.45. The first-order valence-electron chi connectivity index (χ1n) is 8.42. The molecule has 0 bridgehead atoms. The van der Waals surface area contributed by atoms with Crippen LogP contribution < -0.4 is 5.32 Å². The molecule has 1 saturated carbocycles. The van der Waals surface area contributed by atoms with E-state index in [0.29, 0.717) is 18.2 Å². The lowest BCUT2D eigenvalue weighted by Gasteiger charge is -2.08. The van der Waals surface area contributed by atoms with Crippen molar-refractivity contribution in [2.75, 3.05) is 0 Å². The van der Waals surface area contributed by atoms with Gasteiger partial charge >= 0.3 is 0 Å². The first-order valence-corrected chi connectivity index (χ1v) is 8.42. The number of hydrogen-bond donors (Lipinski definition) is 1. The summed E-state index contributed by atoms with van der Waals surface area (Å²) in [5.41, 5.74) is 3.59. The number of carbonyl (C=O) groups excluding carboxylic acids is 1. The van der Waals surface area contributed by atoms with Gasteiger partial charge in [-0.05, 0) is 57.0 Å². The Balaban J connectivity index is 1.43. The summed E-state index contributed by atoms with van der Waals surface area (Å²) in [5, 5.41) is 15.4. The van der Waals surface area contributed by atoms with E-state index in [9.17, 15) is 4.79 Å². The maximum Gasteiger partial charge on any atom is 0.251 e. The van der Waals surface area contributed by atoms with E-state index in [0.717, 1.165) is 35.7 Å². The third-order valence-electron chi connectivity index (χ3n) is 4.38. The molecule has 4 rings (SSSR count). The van der Waals surface area contributed by atoms with Crippen LogP contribution in [0.4, 0.5) is 0 Å². The van der Waals surface area contributed by atoms with Crippen LogP contribution >= 0.6 is 0 Å². The molecule has 0 saturated heterocycles. The van der Waals surface area contributed by atoms with Gasteiger partial charge in [-0.3, -0.25) is 4.79 Å². The molecule has 1 aromatic carbocycles. The van der Waals surface area contributed by atoms with E-state index >= 15 is 0 Å². The zero-order chi connectivity index (χ0) is 17.4. The average molecular weight is 336 g/mol. The van der Waals surface area contributed by atoms with Crippen molar-refractivity contribution in [2.24, 2.45) is 0 Å². The van der Waals surface area contributed by atoms with Crippen molar-refractivity contribution in [1.82, 2.24) is 29.9 Å². The van der Waals surface area contributed by atoms with Crippen LogP contribution in [0.1, 0.15) is 46.5 Å². The highest BCUT2D eigenvalue weighted by molar-refractivity contribution is 5.94. The first kappa shape index (κ1) is 15.6. The molecule has 0 radical (unpaired) electrons. The lowest BCUT2D eigenvalue weighted by Crippen LogP contribution is -2.24. The van der Waals surface area contributed by atoms with E-state index in [1.807, 2.05) is 53.4 Å². The van der Waals surface area contributed by atoms with Crippen molar-refractivity contribution in [3.8, 4) is 5.69 Å². The highest BCUT2D eigenvalue weighted by Crippen LogP contribution is 2.35. The van der Waals surface area contributed by atoms with Crippen molar-refractivity contribution < 1.29 is 4.79 Å². The Morgan fingerprint density at radius 2 is 2.00 bits per heavy atom. The van der Waals surface area contributed by atoms with Crippen LogP contribution in [-0.4, -0.2) is 30.5 Å². The molecule has 0 aliphatic heterocycles. The number of rotatable bonds is 5. The van der Waals surface area contributed by atoms with Gasteiger partial charge in [0.25, 0.3) is 5.91 Å². The van der Waals surface area contributed by atoms with Crippen molar-refractivity contribution >= 4 is 5.91 Å². The van der Waals surface area contributed by atoms with Crippen molar-refractivity contribution in [2.45, 2.75) is 39.3 Å². The van der Waals surface area contributed by atoms with Crippen LogP contribution in [0.25, 0.3) is 5.69 Å². The third-order valence-corrected chi connectivity index (χ3v) is 4.38. The van der Waals surface area contributed by atoms with Gasteiger partial charge in [0.2, 0.25) is 0 Å². The summed E-state index contributed by atoms with van der Waals surface area (Å²) in [4.78, 5) is 12.4. The zero-order valence-corrected chi connectivity index (χ0v) is 14.3. The first-order chi connectivity index (χ1) is 12.1. The topological polar surface area (TPSA) is 77.6 Å². The smallest absolute Gasteiger partial charge is 0.251 e. The second kappa shape index (κ2) is 6.16. The summed E-state index contributed by atoms with van der Waals surface area (Å²) < 4.78 is 3.92. The van der Waals surface area contributed by atoms with Gasteiger partial charge in [0, 0.05) is 17.3 Å². The molecule has 3 aromatic rings. The van der Waals surface area contributed by atoms with E-state index in [2.05, 4.69) is 20.6 Å². The molecule has 2 heterocycles. The number of amides is 1. The Morgan fingerprint density at radius 3 is 2.64 bits per heavy atom. The van der Waals surface area contributed by atoms with Crippen LogP contribution in [0.15, 0.2) is 36.7 Å². The summed E-state index contributed by atoms with van der Waals surface area (Å²) in [6.45, 7) is 4.36. The Bertz CT molecular complexity index is 904. The van der Waals surface area contributed by atoms with E-state index in [4.69, 9.17) is 0 Å². The van der Waals surface area contributed by atoms with Gasteiger partial charge in [-0.25, -0.2) is 4.68 Å². The molecule has 1 fully saturated rings. The monoisotopic (exact) mass is 336 g/mol. The molecular weight excluding hydrogens is 316 g/mol. The molecule has 0 unspecified atom stereocenters. The predicted octanol–water partition coefficient (Wildman–Crippen LogP) is 2.35. The second-order valence-electron chi connectivity index (χ2n) is 6.45. The summed E-state index contributed by atoms with van der Waals surface area (Å²) in [7, 11) is 0. The number of hydrogen-bond acceptors (Lipinski definition) is 4. The standard InChI is InChI=1S/C18H20N6O/c1-12-9-13(2)24(22-12)16-5-3-14(4-6-16)18(25)19-10-17-21-20-11-23(17)15-7-8-15/h3-6,9,11,15H,7-8,10H2,1-2H3,(H,19,25). The van der Waals surface area contributed by atoms with Crippen molar-refractivity contribution in [3.05, 3.63) is 59.4 Å². The normalized spacial score (nSPS) is 13.8. The number of benzene rings is 1. The minimum absolute atomic E-state index is 0.120. The largest absolute Gasteiger partial charge is 0.345 e. The highest BCUT2D eigenvalue weighted by Gasteiger charge is 2.26. The van der Waals surface area contributed by atoms with Crippen LogP contribution in [0.5, 0.6) is 0 Å². The molecule has 7 nitrogen and oxygen atoms in total. The van der Waals surface area contributed by atoms with E-state index in [1.54, 1.807) is 6.33 Å². The number of carbonyl (C=O) groups is 1. The molecule has 0 spiro atoms. The zero-order valence-electron chi connectivity index (χ0n) is 14.3. The quantitative estimate of drug-likeness (QED) is 0.776. The van der Waals surface area contributed by atoms with Crippen LogP contribution in [0.3, 0.4) is 0 Å². The summed E-state index contributed by atoms with van der Waals surface area (Å²) in [6, 6.07) is 9.96.